The lowest BCUT2D eigenvalue weighted by Gasteiger charge is -2.11. The van der Waals surface area contributed by atoms with Crippen molar-refractivity contribution < 1.29 is 9.66 Å². The van der Waals surface area contributed by atoms with Crippen molar-refractivity contribution >= 4 is 17.4 Å². The van der Waals surface area contributed by atoms with Gasteiger partial charge in [0, 0.05) is 6.54 Å². The standard InChI is InChI=1S/C17H20N6O3S/c1-4-22-16(10-26-15-7-12(2)5-6-13(15)3)19-20-17(22)27-11-21-9-14(8-18-21)23(24)25/h5-9H,4,10-11H2,1-3H3. The minimum Gasteiger partial charge on any atom is -0.485 e. The number of nitrogens with zero attached hydrogens (tertiary/aromatic N) is 6. The fraction of sp³-hybridized carbons (Fsp3) is 0.353. The molecule has 0 aliphatic heterocycles. The Morgan fingerprint density at radius 1 is 1.30 bits per heavy atom. The average molecular weight is 388 g/mol. The maximum atomic E-state index is 10.7. The first-order valence-electron chi connectivity index (χ1n) is 8.39. The molecule has 3 rings (SSSR count). The normalized spacial score (nSPS) is 10.9. The Kier molecular flexibility index (Phi) is 5.75. The molecule has 0 aliphatic carbocycles. The minimum absolute atomic E-state index is 0.0322. The fourth-order valence-corrected chi connectivity index (χ4v) is 3.37. The third kappa shape index (κ3) is 4.45. The molecule has 2 aromatic heterocycles. The zero-order chi connectivity index (χ0) is 19.4. The van der Waals surface area contributed by atoms with Gasteiger partial charge in [0.25, 0.3) is 0 Å². The number of hydrogen-bond acceptors (Lipinski definition) is 7. The van der Waals surface area contributed by atoms with Gasteiger partial charge in [-0.1, -0.05) is 23.9 Å². The van der Waals surface area contributed by atoms with Gasteiger partial charge in [0.2, 0.25) is 0 Å². The quantitative estimate of drug-likeness (QED) is 0.331. The zero-order valence-electron chi connectivity index (χ0n) is 15.3. The smallest absolute Gasteiger partial charge is 0.307 e. The SMILES string of the molecule is CCn1c(COc2cc(C)ccc2C)nnc1SCn1cc([N+](=O)[O-])cn1. The number of aryl methyl sites for hydroxylation is 2. The Labute approximate surface area is 160 Å². The summed E-state index contributed by atoms with van der Waals surface area (Å²) in [5.74, 6) is 1.97. The molecule has 0 atom stereocenters. The van der Waals surface area contributed by atoms with Gasteiger partial charge in [-0.15, -0.1) is 10.2 Å². The number of benzene rings is 1. The summed E-state index contributed by atoms with van der Waals surface area (Å²) < 4.78 is 9.40. The molecule has 0 spiro atoms. The Hall–Kier alpha value is -2.88. The van der Waals surface area contributed by atoms with E-state index in [2.05, 4.69) is 15.3 Å². The van der Waals surface area contributed by atoms with E-state index in [1.807, 2.05) is 43.5 Å². The number of rotatable bonds is 8. The predicted octanol–water partition coefficient (Wildman–Crippen LogP) is 3.35. The number of hydrogen-bond donors (Lipinski definition) is 0. The lowest BCUT2D eigenvalue weighted by atomic mass is 10.1. The molecule has 0 fully saturated rings. The van der Waals surface area contributed by atoms with Crippen LogP contribution in [0.1, 0.15) is 23.9 Å². The molecule has 0 unspecified atom stereocenters. The van der Waals surface area contributed by atoms with Gasteiger partial charge in [-0.05, 0) is 38.0 Å². The summed E-state index contributed by atoms with van der Waals surface area (Å²) in [7, 11) is 0. The molecule has 10 heteroatoms. The van der Waals surface area contributed by atoms with Crippen LogP contribution in [0.15, 0.2) is 35.7 Å². The van der Waals surface area contributed by atoms with E-state index in [1.165, 1.54) is 28.8 Å². The summed E-state index contributed by atoms with van der Waals surface area (Å²) in [5.41, 5.74) is 2.17. The minimum atomic E-state index is -0.467. The van der Waals surface area contributed by atoms with Crippen LogP contribution < -0.4 is 4.74 Å². The Morgan fingerprint density at radius 2 is 2.11 bits per heavy atom. The topological polar surface area (TPSA) is 101 Å². The van der Waals surface area contributed by atoms with E-state index in [1.54, 1.807) is 0 Å². The second-order valence-corrected chi connectivity index (χ2v) is 6.88. The summed E-state index contributed by atoms with van der Waals surface area (Å²) in [4.78, 5) is 10.3. The van der Waals surface area contributed by atoms with E-state index >= 15 is 0 Å². The summed E-state index contributed by atoms with van der Waals surface area (Å²) >= 11 is 1.41. The van der Waals surface area contributed by atoms with Crippen molar-refractivity contribution in [1.29, 1.82) is 0 Å². The molecule has 2 heterocycles. The van der Waals surface area contributed by atoms with Gasteiger partial charge < -0.3 is 9.30 Å². The lowest BCUT2D eigenvalue weighted by Crippen LogP contribution is -2.08. The third-order valence-electron chi connectivity index (χ3n) is 3.97. The molecule has 0 aliphatic rings. The van der Waals surface area contributed by atoms with Crippen LogP contribution in [0.5, 0.6) is 5.75 Å². The molecular formula is C17H20N6O3S. The van der Waals surface area contributed by atoms with Crippen LogP contribution in [0.3, 0.4) is 0 Å². The molecule has 142 valence electrons. The van der Waals surface area contributed by atoms with Gasteiger partial charge in [0.15, 0.2) is 11.0 Å². The molecule has 0 saturated carbocycles. The van der Waals surface area contributed by atoms with E-state index in [9.17, 15) is 10.1 Å². The highest BCUT2D eigenvalue weighted by Gasteiger charge is 2.14. The molecular weight excluding hydrogens is 368 g/mol. The lowest BCUT2D eigenvalue weighted by molar-refractivity contribution is -0.385. The Balaban J connectivity index is 1.66. The van der Waals surface area contributed by atoms with Crippen molar-refractivity contribution in [1.82, 2.24) is 24.5 Å². The van der Waals surface area contributed by atoms with Crippen molar-refractivity contribution in [3.05, 3.63) is 57.7 Å². The van der Waals surface area contributed by atoms with Crippen LogP contribution in [0.4, 0.5) is 5.69 Å². The summed E-state index contributed by atoms with van der Waals surface area (Å²) in [6.07, 6.45) is 2.62. The molecule has 0 N–H and O–H groups in total. The largest absolute Gasteiger partial charge is 0.485 e. The van der Waals surface area contributed by atoms with Gasteiger partial charge in [-0.3, -0.25) is 14.8 Å². The molecule has 3 aromatic rings. The number of thioether (sulfide) groups is 1. The van der Waals surface area contributed by atoms with Crippen LogP contribution in [0, 0.1) is 24.0 Å². The molecule has 0 radical (unpaired) electrons. The highest BCUT2D eigenvalue weighted by atomic mass is 32.2. The second kappa shape index (κ2) is 8.21. The first-order chi connectivity index (χ1) is 13.0. The highest BCUT2D eigenvalue weighted by Crippen LogP contribution is 2.23. The van der Waals surface area contributed by atoms with E-state index in [4.69, 9.17) is 4.74 Å². The zero-order valence-corrected chi connectivity index (χ0v) is 16.1. The Bertz CT molecular complexity index is 952. The van der Waals surface area contributed by atoms with E-state index < -0.39 is 4.92 Å². The van der Waals surface area contributed by atoms with Crippen molar-refractivity contribution in [3.63, 3.8) is 0 Å². The third-order valence-corrected chi connectivity index (χ3v) is 4.92. The molecule has 1 aromatic carbocycles. The van der Waals surface area contributed by atoms with E-state index in [0.29, 0.717) is 19.0 Å². The van der Waals surface area contributed by atoms with Crippen LogP contribution in [0.2, 0.25) is 0 Å². The maximum absolute atomic E-state index is 10.7. The van der Waals surface area contributed by atoms with Crippen LogP contribution >= 0.6 is 11.8 Å². The monoisotopic (exact) mass is 388 g/mol. The molecule has 0 amide bonds. The van der Waals surface area contributed by atoms with Gasteiger partial charge in [-0.2, -0.15) is 5.10 Å². The maximum Gasteiger partial charge on any atom is 0.307 e. The average Bonchev–Trinajstić information content (AvgIpc) is 3.27. The fourth-order valence-electron chi connectivity index (χ4n) is 2.50. The first kappa shape index (κ1) is 18.9. The Morgan fingerprint density at radius 3 is 2.81 bits per heavy atom. The highest BCUT2D eigenvalue weighted by molar-refractivity contribution is 7.98. The van der Waals surface area contributed by atoms with Gasteiger partial charge in [0.1, 0.15) is 24.8 Å². The van der Waals surface area contributed by atoms with Crippen molar-refractivity contribution in [2.45, 2.75) is 45.0 Å². The van der Waals surface area contributed by atoms with E-state index in [0.717, 1.165) is 27.9 Å². The number of aromatic nitrogens is 5. The van der Waals surface area contributed by atoms with E-state index in [-0.39, 0.29) is 5.69 Å². The number of nitro groups is 1. The van der Waals surface area contributed by atoms with Gasteiger partial charge in [-0.25, -0.2) is 0 Å². The van der Waals surface area contributed by atoms with Crippen molar-refractivity contribution in [2.75, 3.05) is 0 Å². The van der Waals surface area contributed by atoms with Crippen molar-refractivity contribution in [3.8, 4) is 5.75 Å². The summed E-state index contributed by atoms with van der Waals surface area (Å²) in [6, 6.07) is 6.08. The van der Waals surface area contributed by atoms with Gasteiger partial charge >= 0.3 is 5.69 Å². The van der Waals surface area contributed by atoms with Crippen LogP contribution in [-0.4, -0.2) is 29.5 Å². The second-order valence-electron chi connectivity index (χ2n) is 5.97. The van der Waals surface area contributed by atoms with Crippen molar-refractivity contribution in [2.24, 2.45) is 0 Å². The molecule has 0 saturated heterocycles. The molecule has 9 nitrogen and oxygen atoms in total. The first-order valence-corrected chi connectivity index (χ1v) is 9.38. The molecule has 27 heavy (non-hydrogen) atoms. The van der Waals surface area contributed by atoms with Crippen LogP contribution in [0.25, 0.3) is 0 Å². The molecule has 0 bridgehead atoms. The van der Waals surface area contributed by atoms with Crippen LogP contribution in [-0.2, 0) is 19.0 Å². The predicted molar refractivity (Wildman–Crippen MR) is 101 cm³/mol. The van der Waals surface area contributed by atoms with Gasteiger partial charge in [0.05, 0.1) is 10.8 Å². The summed E-state index contributed by atoms with van der Waals surface area (Å²) in [5, 5.41) is 23.9. The summed E-state index contributed by atoms with van der Waals surface area (Å²) in [6.45, 7) is 7.05. The number of ether oxygens (including phenoxy) is 1.